The Kier molecular flexibility index (Phi) is 7.10. The summed E-state index contributed by atoms with van der Waals surface area (Å²) in [5.41, 5.74) is 0.495. The summed E-state index contributed by atoms with van der Waals surface area (Å²) in [6.07, 6.45) is 1.79. The fourth-order valence-corrected chi connectivity index (χ4v) is 3.30. The standard InChI is InChI=1S/C16H16INO5S/c1-22-15(20)9-14-18(13(19)10-24-14)7-2-8-23-16(21)11-3-5-12(17)6-4-11/h3-6,9H,2,7-8,10H2,1H3/b14-9+. The van der Waals surface area contributed by atoms with Crippen molar-refractivity contribution in [1.29, 1.82) is 0 Å². The van der Waals surface area contributed by atoms with E-state index in [2.05, 4.69) is 27.3 Å². The van der Waals surface area contributed by atoms with Gasteiger partial charge in [0.25, 0.3) is 0 Å². The van der Waals surface area contributed by atoms with Crippen molar-refractivity contribution in [3.05, 3.63) is 44.5 Å². The van der Waals surface area contributed by atoms with Crippen molar-refractivity contribution in [2.45, 2.75) is 6.42 Å². The molecule has 0 bridgehead atoms. The highest BCUT2D eigenvalue weighted by molar-refractivity contribution is 14.1. The van der Waals surface area contributed by atoms with Gasteiger partial charge < -0.3 is 14.4 Å². The van der Waals surface area contributed by atoms with Crippen molar-refractivity contribution in [3.8, 4) is 0 Å². The second-order valence-electron chi connectivity index (χ2n) is 4.84. The third-order valence-corrected chi connectivity index (χ3v) is 4.94. The number of methoxy groups -OCH3 is 1. The number of rotatable bonds is 6. The number of halogens is 1. The second-order valence-corrected chi connectivity index (χ2v) is 7.08. The van der Waals surface area contributed by atoms with E-state index < -0.39 is 5.97 Å². The lowest BCUT2D eigenvalue weighted by Gasteiger charge is -2.16. The molecule has 0 aromatic heterocycles. The highest BCUT2D eigenvalue weighted by Crippen LogP contribution is 2.28. The Hall–Kier alpha value is -1.55. The van der Waals surface area contributed by atoms with Gasteiger partial charge in [-0.2, -0.15) is 0 Å². The molecule has 0 atom stereocenters. The quantitative estimate of drug-likeness (QED) is 0.281. The van der Waals surface area contributed by atoms with Crippen molar-refractivity contribution in [1.82, 2.24) is 4.90 Å². The number of benzene rings is 1. The van der Waals surface area contributed by atoms with E-state index in [0.29, 0.717) is 29.3 Å². The maximum Gasteiger partial charge on any atom is 0.338 e. The van der Waals surface area contributed by atoms with Crippen LogP contribution in [0.1, 0.15) is 16.8 Å². The van der Waals surface area contributed by atoms with Crippen LogP contribution in [0.4, 0.5) is 0 Å². The Morgan fingerprint density at radius 3 is 2.71 bits per heavy atom. The Morgan fingerprint density at radius 2 is 2.04 bits per heavy atom. The number of amides is 1. The predicted molar refractivity (Wildman–Crippen MR) is 98.3 cm³/mol. The van der Waals surface area contributed by atoms with Gasteiger partial charge in [0.15, 0.2) is 0 Å². The summed E-state index contributed by atoms with van der Waals surface area (Å²) in [7, 11) is 1.29. The minimum Gasteiger partial charge on any atom is -0.466 e. The Bertz CT molecular complexity index is 659. The third kappa shape index (κ3) is 5.23. The molecule has 1 aliphatic rings. The van der Waals surface area contributed by atoms with Gasteiger partial charge in [0.2, 0.25) is 5.91 Å². The van der Waals surface area contributed by atoms with E-state index in [0.717, 1.165) is 3.57 Å². The van der Waals surface area contributed by atoms with Gasteiger partial charge in [-0.15, -0.1) is 0 Å². The highest BCUT2D eigenvalue weighted by Gasteiger charge is 2.27. The molecule has 24 heavy (non-hydrogen) atoms. The summed E-state index contributed by atoms with van der Waals surface area (Å²) in [6, 6.07) is 7.09. The van der Waals surface area contributed by atoms with E-state index in [1.807, 2.05) is 12.1 Å². The van der Waals surface area contributed by atoms with Crippen LogP contribution in [-0.2, 0) is 19.1 Å². The normalized spacial score (nSPS) is 15.7. The molecule has 128 valence electrons. The first-order valence-electron chi connectivity index (χ1n) is 7.17. The number of carbonyl (C=O) groups is 3. The molecule has 6 nitrogen and oxygen atoms in total. The average Bonchev–Trinajstić information content (AvgIpc) is 2.92. The molecule has 2 rings (SSSR count). The Labute approximate surface area is 157 Å². The van der Waals surface area contributed by atoms with Crippen LogP contribution in [0.5, 0.6) is 0 Å². The van der Waals surface area contributed by atoms with Gasteiger partial charge >= 0.3 is 11.9 Å². The summed E-state index contributed by atoms with van der Waals surface area (Å²) in [5.74, 6) is -0.661. The molecule has 1 amide bonds. The molecule has 0 aliphatic carbocycles. The zero-order chi connectivity index (χ0) is 17.5. The van der Waals surface area contributed by atoms with Gasteiger partial charge in [-0.1, -0.05) is 11.8 Å². The topological polar surface area (TPSA) is 72.9 Å². The SMILES string of the molecule is COC(=O)/C=C1/SCC(=O)N1CCCOC(=O)c1ccc(I)cc1. The monoisotopic (exact) mass is 461 g/mol. The summed E-state index contributed by atoms with van der Waals surface area (Å²) in [4.78, 5) is 36.5. The molecule has 8 heteroatoms. The first-order chi connectivity index (χ1) is 11.5. The summed E-state index contributed by atoms with van der Waals surface area (Å²) in [5, 5.41) is 0.566. The summed E-state index contributed by atoms with van der Waals surface area (Å²) >= 11 is 3.45. The van der Waals surface area contributed by atoms with Gasteiger partial charge in [-0.25, -0.2) is 9.59 Å². The van der Waals surface area contributed by atoms with Crippen LogP contribution < -0.4 is 0 Å². The molecular formula is C16H16INO5S. The van der Waals surface area contributed by atoms with E-state index in [1.54, 1.807) is 12.1 Å². The molecule has 1 heterocycles. The number of esters is 2. The number of hydrogen-bond acceptors (Lipinski definition) is 6. The van der Waals surface area contributed by atoms with Gasteiger partial charge in [0.1, 0.15) is 0 Å². The summed E-state index contributed by atoms with van der Waals surface area (Å²) < 4.78 is 10.8. The maximum absolute atomic E-state index is 11.9. The van der Waals surface area contributed by atoms with Crippen molar-refractivity contribution >= 4 is 52.2 Å². The lowest BCUT2D eigenvalue weighted by Crippen LogP contribution is -2.27. The molecule has 1 aliphatic heterocycles. The minimum atomic E-state index is -0.498. The number of ether oxygens (including phenoxy) is 2. The summed E-state index contributed by atoms with van der Waals surface area (Å²) in [6.45, 7) is 0.583. The number of carbonyl (C=O) groups excluding carboxylic acids is 3. The van der Waals surface area contributed by atoms with E-state index in [9.17, 15) is 14.4 Å². The van der Waals surface area contributed by atoms with Crippen molar-refractivity contribution in [2.75, 3.05) is 26.0 Å². The van der Waals surface area contributed by atoms with Gasteiger partial charge in [-0.3, -0.25) is 4.79 Å². The van der Waals surface area contributed by atoms with Crippen molar-refractivity contribution in [2.24, 2.45) is 0 Å². The van der Waals surface area contributed by atoms with Gasteiger partial charge in [0, 0.05) is 10.1 Å². The van der Waals surface area contributed by atoms with E-state index in [4.69, 9.17) is 4.74 Å². The minimum absolute atomic E-state index is 0.0703. The molecule has 1 aromatic carbocycles. The molecule has 0 unspecified atom stereocenters. The predicted octanol–water partition coefficient (Wildman–Crippen LogP) is 2.43. The molecule has 0 saturated carbocycles. The first kappa shape index (κ1) is 18.8. The molecule has 0 radical (unpaired) electrons. The fraction of sp³-hybridized carbons (Fsp3) is 0.312. The number of hydrogen-bond donors (Lipinski definition) is 0. The zero-order valence-electron chi connectivity index (χ0n) is 13.0. The van der Waals surface area contributed by atoms with Crippen molar-refractivity contribution in [3.63, 3.8) is 0 Å². The molecule has 0 N–H and O–H groups in total. The average molecular weight is 461 g/mol. The Balaban J connectivity index is 1.81. The number of thioether (sulfide) groups is 1. The van der Waals surface area contributed by atoms with Crippen LogP contribution in [0.3, 0.4) is 0 Å². The van der Waals surface area contributed by atoms with Crippen molar-refractivity contribution < 1.29 is 23.9 Å². The van der Waals surface area contributed by atoms with Crippen LogP contribution in [0.2, 0.25) is 0 Å². The molecule has 1 aromatic rings. The lowest BCUT2D eigenvalue weighted by molar-refractivity contribution is -0.134. The zero-order valence-corrected chi connectivity index (χ0v) is 16.0. The van der Waals surface area contributed by atoms with Crippen LogP contribution in [0.25, 0.3) is 0 Å². The van der Waals surface area contributed by atoms with E-state index in [1.165, 1.54) is 29.8 Å². The fourth-order valence-electron chi connectivity index (χ4n) is 1.99. The second kappa shape index (κ2) is 9.07. The van der Waals surface area contributed by atoms with Crippen LogP contribution in [0.15, 0.2) is 35.4 Å². The smallest absolute Gasteiger partial charge is 0.338 e. The maximum atomic E-state index is 11.9. The van der Waals surface area contributed by atoms with Crippen LogP contribution in [-0.4, -0.2) is 48.8 Å². The third-order valence-electron chi connectivity index (χ3n) is 3.19. The Morgan fingerprint density at radius 1 is 1.33 bits per heavy atom. The first-order valence-corrected chi connectivity index (χ1v) is 9.23. The molecule has 0 spiro atoms. The largest absolute Gasteiger partial charge is 0.466 e. The number of nitrogens with zero attached hydrogens (tertiary/aromatic N) is 1. The molecule has 1 fully saturated rings. The highest BCUT2D eigenvalue weighted by atomic mass is 127. The molecular weight excluding hydrogens is 445 g/mol. The van der Waals surface area contributed by atoms with E-state index >= 15 is 0 Å². The van der Waals surface area contributed by atoms with Crippen LogP contribution >= 0.6 is 34.4 Å². The lowest BCUT2D eigenvalue weighted by atomic mass is 10.2. The van der Waals surface area contributed by atoms with Crippen LogP contribution in [0, 0.1) is 3.57 Å². The van der Waals surface area contributed by atoms with Gasteiger partial charge in [-0.05, 0) is 53.3 Å². The van der Waals surface area contributed by atoms with Gasteiger partial charge in [0.05, 0.1) is 36.1 Å². The molecule has 1 saturated heterocycles. The van der Waals surface area contributed by atoms with E-state index in [-0.39, 0.29) is 18.5 Å².